The number of fused-ring (bicyclic) bond motifs is 1. The number of hydrogen-bond donors (Lipinski definition) is 2. The highest BCUT2D eigenvalue weighted by Gasteiger charge is 2.66. The van der Waals surface area contributed by atoms with E-state index in [4.69, 9.17) is 0 Å². The number of halogens is 5. The van der Waals surface area contributed by atoms with Gasteiger partial charge in [0.2, 0.25) is 0 Å². The first-order valence-corrected chi connectivity index (χ1v) is 15.1. The lowest BCUT2D eigenvalue weighted by Crippen LogP contribution is -2.48. The third-order valence-electron chi connectivity index (χ3n) is 7.32. The highest BCUT2D eigenvalue weighted by atomic mass is 32.5. The van der Waals surface area contributed by atoms with Gasteiger partial charge in [-0.2, -0.15) is 5.26 Å². The minimum atomic E-state index is -9.84. The van der Waals surface area contributed by atoms with Crippen molar-refractivity contribution >= 4 is 32.5 Å². The van der Waals surface area contributed by atoms with Crippen LogP contribution >= 0.6 is 10.2 Å². The molecule has 2 aromatic heterocycles. The van der Waals surface area contributed by atoms with Crippen LogP contribution in [0.25, 0.3) is 0 Å². The van der Waals surface area contributed by atoms with Crippen LogP contribution in [-0.4, -0.2) is 55.3 Å². The molecule has 8 nitrogen and oxygen atoms in total. The van der Waals surface area contributed by atoms with Crippen LogP contribution < -0.4 is 10.2 Å². The molecule has 4 heterocycles. The van der Waals surface area contributed by atoms with Crippen molar-refractivity contribution in [2.24, 2.45) is 0 Å². The first kappa shape index (κ1) is 26.1. The molecule has 5 rings (SSSR count). The normalized spacial score (nSPS) is 23.4. The summed E-state index contributed by atoms with van der Waals surface area (Å²) >= 11 is 0. The highest BCUT2D eigenvalue weighted by Crippen LogP contribution is 3.01. The Morgan fingerprint density at radius 1 is 1.19 bits per heavy atom. The molecule has 202 valence electrons. The number of piperidine rings is 1. The molecule has 2 fully saturated rings. The first-order chi connectivity index (χ1) is 17.2. The second-order valence-electron chi connectivity index (χ2n) is 9.80. The van der Waals surface area contributed by atoms with Crippen LogP contribution in [0.4, 0.5) is 30.9 Å². The van der Waals surface area contributed by atoms with E-state index in [0.717, 1.165) is 19.3 Å². The summed E-state index contributed by atoms with van der Waals surface area (Å²) in [6, 6.07) is 2.20. The van der Waals surface area contributed by atoms with Gasteiger partial charge in [-0.3, -0.25) is 4.21 Å². The van der Waals surface area contributed by atoms with E-state index in [9.17, 15) is 34.0 Å². The predicted molar refractivity (Wildman–Crippen MR) is 129 cm³/mol. The molecule has 1 unspecified atom stereocenters. The molecule has 1 aliphatic carbocycles. The van der Waals surface area contributed by atoms with Gasteiger partial charge in [-0.05, 0) is 32.1 Å². The quantitative estimate of drug-likeness (QED) is 0.482. The van der Waals surface area contributed by atoms with Crippen LogP contribution in [0.1, 0.15) is 55.1 Å². The highest BCUT2D eigenvalue weighted by molar-refractivity contribution is 8.45. The summed E-state index contributed by atoms with van der Waals surface area (Å²) in [5.41, 5.74) is 0.753. The summed E-state index contributed by atoms with van der Waals surface area (Å²) in [5.74, 6) is 0.527. The molecule has 1 atom stereocenters. The third-order valence-corrected chi connectivity index (χ3v) is 9.90. The Labute approximate surface area is 212 Å². The van der Waals surface area contributed by atoms with Gasteiger partial charge in [-0.15, -0.1) is 0 Å². The maximum absolute atomic E-state index is 13.0. The van der Waals surface area contributed by atoms with Gasteiger partial charge in [0, 0.05) is 31.2 Å². The molecule has 1 saturated heterocycles. The van der Waals surface area contributed by atoms with Gasteiger partial charge in [0.05, 0.1) is 51.6 Å². The molecule has 0 amide bonds. The van der Waals surface area contributed by atoms with Crippen LogP contribution in [0.3, 0.4) is 0 Å². The smallest absolute Gasteiger partial charge is 0.313 e. The number of anilines is 2. The molecule has 0 spiro atoms. The summed E-state index contributed by atoms with van der Waals surface area (Å²) in [6.07, 6.45) is 3.97. The lowest BCUT2D eigenvalue weighted by atomic mass is 9.77. The van der Waals surface area contributed by atoms with E-state index in [1.807, 2.05) is 4.90 Å². The zero-order valence-electron chi connectivity index (χ0n) is 19.6. The second kappa shape index (κ2) is 8.21. The maximum atomic E-state index is 13.0. The number of hydrogen-bond acceptors (Lipinski definition) is 8. The zero-order chi connectivity index (χ0) is 26.7. The average Bonchev–Trinajstić information content (AvgIpc) is 3.20. The standard InChI is InChI=1S/C22H25F5N6O2S2/c23-37(24,25,26,27)15-11-29-20(30-12-15)14-2-7-33(8-3-14)21-16(10-28)18(32-22(13-34)5-1-6-22)19-17(31-21)4-9-36(19)35/h11-12,14,34H,1-9,13H2,(H,31,32). The van der Waals surface area contributed by atoms with Crippen LogP contribution in [0.5, 0.6) is 0 Å². The molecule has 2 aliphatic heterocycles. The fraction of sp³-hybridized carbons (Fsp3) is 0.545. The number of nitrogens with zero attached hydrogens (tertiary/aromatic N) is 5. The zero-order valence-corrected chi connectivity index (χ0v) is 21.2. The molecular weight excluding hydrogens is 539 g/mol. The Morgan fingerprint density at radius 2 is 1.84 bits per heavy atom. The van der Waals surface area contributed by atoms with Crippen molar-refractivity contribution in [1.82, 2.24) is 15.0 Å². The first-order valence-electron chi connectivity index (χ1n) is 11.8. The minimum absolute atomic E-state index is 0.0558. The Morgan fingerprint density at radius 3 is 2.35 bits per heavy atom. The monoisotopic (exact) mass is 564 g/mol. The molecule has 0 bridgehead atoms. The maximum Gasteiger partial charge on any atom is 0.313 e. The second-order valence-corrected chi connectivity index (χ2v) is 13.7. The molecule has 37 heavy (non-hydrogen) atoms. The number of nitrogens with one attached hydrogen (secondary N) is 1. The molecular formula is C22H25F5N6O2S2. The van der Waals surface area contributed by atoms with Gasteiger partial charge >= 0.3 is 10.2 Å². The van der Waals surface area contributed by atoms with Gasteiger partial charge in [0.25, 0.3) is 0 Å². The van der Waals surface area contributed by atoms with Crippen LogP contribution in [0.15, 0.2) is 22.2 Å². The number of aromatic nitrogens is 3. The van der Waals surface area contributed by atoms with Crippen LogP contribution in [-0.2, 0) is 17.2 Å². The Bertz CT molecular complexity index is 1300. The van der Waals surface area contributed by atoms with Gasteiger partial charge in [0.15, 0.2) is 0 Å². The van der Waals surface area contributed by atoms with Gasteiger partial charge in [-0.1, -0.05) is 19.4 Å². The largest absolute Gasteiger partial charge is 0.394 e. The fourth-order valence-corrected chi connectivity index (χ4v) is 6.92. The minimum Gasteiger partial charge on any atom is -0.394 e. The number of nitriles is 1. The topological polar surface area (TPSA) is 115 Å². The van der Waals surface area contributed by atoms with E-state index >= 15 is 0 Å². The Hall–Kier alpha value is -2.57. The predicted octanol–water partition coefficient (Wildman–Crippen LogP) is 4.78. The lowest BCUT2D eigenvalue weighted by Gasteiger charge is -2.42. The summed E-state index contributed by atoms with van der Waals surface area (Å²) in [4.78, 5) is 12.1. The molecule has 0 radical (unpaired) electrons. The molecule has 0 aromatic carbocycles. The van der Waals surface area contributed by atoms with Crippen molar-refractivity contribution in [1.29, 1.82) is 5.26 Å². The summed E-state index contributed by atoms with van der Waals surface area (Å²) in [5, 5.41) is 23.4. The molecule has 15 heteroatoms. The van der Waals surface area contributed by atoms with E-state index in [1.54, 1.807) is 0 Å². The number of pyridine rings is 1. The molecule has 1 saturated carbocycles. The van der Waals surface area contributed by atoms with E-state index in [0.29, 0.717) is 60.2 Å². The number of aryl methyl sites for hydroxylation is 1. The fourth-order valence-electron chi connectivity index (χ4n) is 5.04. The van der Waals surface area contributed by atoms with Crippen molar-refractivity contribution < 1.29 is 28.7 Å². The van der Waals surface area contributed by atoms with E-state index in [-0.39, 0.29) is 36.3 Å². The summed E-state index contributed by atoms with van der Waals surface area (Å²) in [7, 11) is -11.2. The van der Waals surface area contributed by atoms with Gasteiger partial charge in [-0.25, -0.2) is 15.0 Å². The Balaban J connectivity index is 1.40. The van der Waals surface area contributed by atoms with Crippen molar-refractivity contribution in [2.45, 2.75) is 59.8 Å². The summed E-state index contributed by atoms with van der Waals surface area (Å²) in [6.45, 7) is 0.639. The van der Waals surface area contributed by atoms with Gasteiger partial charge in [0.1, 0.15) is 28.2 Å². The molecule has 2 N–H and O–H groups in total. The Kier molecular flexibility index (Phi) is 5.78. The molecule has 2 aromatic rings. The van der Waals surface area contributed by atoms with Crippen LogP contribution in [0, 0.1) is 11.3 Å². The number of rotatable bonds is 6. The van der Waals surface area contributed by atoms with Crippen molar-refractivity contribution in [3.05, 3.63) is 29.5 Å². The summed E-state index contributed by atoms with van der Waals surface area (Å²) < 4.78 is 77.7. The van der Waals surface area contributed by atoms with Crippen LogP contribution in [0.2, 0.25) is 0 Å². The SMILES string of the molecule is N#Cc1c(N2CCC(c3ncc(S(F)(F)(F)(F)F)cn3)CC2)nc2c(c1NC1(CO)CCC1)S(=O)CC2. The van der Waals surface area contributed by atoms with E-state index in [1.165, 1.54) is 0 Å². The average molecular weight is 565 g/mol. The molecule has 3 aliphatic rings. The van der Waals surface area contributed by atoms with Gasteiger partial charge < -0.3 is 15.3 Å². The van der Waals surface area contributed by atoms with Crippen molar-refractivity contribution in [3.8, 4) is 6.07 Å². The van der Waals surface area contributed by atoms with E-state index in [2.05, 4.69) is 26.3 Å². The van der Waals surface area contributed by atoms with Crippen molar-refractivity contribution in [3.63, 3.8) is 0 Å². The van der Waals surface area contributed by atoms with E-state index < -0.39 is 31.5 Å². The number of aliphatic hydroxyl groups excluding tert-OH is 1. The number of aliphatic hydroxyl groups is 1. The lowest BCUT2D eigenvalue weighted by molar-refractivity contribution is 0.144. The third kappa shape index (κ3) is 4.86. The van der Waals surface area contributed by atoms with Crippen molar-refractivity contribution in [2.75, 3.05) is 35.7 Å².